The van der Waals surface area contributed by atoms with Gasteiger partial charge in [0.25, 0.3) is 0 Å². The first-order valence-corrected chi connectivity index (χ1v) is 4.05. The molecule has 0 radical (unpaired) electrons. The molecule has 0 saturated carbocycles. The van der Waals surface area contributed by atoms with Gasteiger partial charge in [0.2, 0.25) is 0 Å². The van der Waals surface area contributed by atoms with Crippen LogP contribution in [0.15, 0.2) is 0 Å². The fourth-order valence-electron chi connectivity index (χ4n) is 0.241. The minimum absolute atomic E-state index is 0.0235. The van der Waals surface area contributed by atoms with Gasteiger partial charge in [0.05, 0.1) is 6.61 Å². The number of rotatable bonds is 3. The predicted octanol–water partition coefficient (Wildman–Crippen LogP) is 1.73. The van der Waals surface area contributed by atoms with Crippen molar-refractivity contribution >= 4 is 7.91 Å². The van der Waals surface area contributed by atoms with Crippen LogP contribution in [0.25, 0.3) is 0 Å². The van der Waals surface area contributed by atoms with Crippen molar-refractivity contribution < 1.29 is 18.2 Å². The van der Waals surface area contributed by atoms with E-state index in [2.05, 4.69) is 4.52 Å². The van der Waals surface area contributed by atoms with Gasteiger partial charge in [-0.2, -0.15) is 0 Å². The molecule has 0 rings (SSSR count). The van der Waals surface area contributed by atoms with Crippen LogP contribution in [0, 0.1) is 5.92 Å². The van der Waals surface area contributed by atoms with Gasteiger partial charge in [0.1, 0.15) is 0 Å². The monoisotopic (exact) mass is 156 g/mol. The van der Waals surface area contributed by atoms with Gasteiger partial charge < -0.3 is 0 Å². The molecule has 1 N–H and O–H groups in total. The molecule has 0 aromatic heterocycles. The summed E-state index contributed by atoms with van der Waals surface area (Å²) in [5, 5.41) is 0. The quantitative estimate of drug-likeness (QED) is 0.633. The van der Waals surface area contributed by atoms with Crippen molar-refractivity contribution in [3.63, 3.8) is 0 Å². The molecule has 5 heteroatoms. The van der Waals surface area contributed by atoms with Gasteiger partial charge in [-0.1, -0.05) is 13.8 Å². The molecule has 0 amide bonds. The van der Waals surface area contributed by atoms with Crippen LogP contribution in [-0.2, 0) is 9.09 Å². The van der Waals surface area contributed by atoms with E-state index in [-0.39, 0.29) is 12.5 Å². The van der Waals surface area contributed by atoms with Crippen molar-refractivity contribution in [3.05, 3.63) is 0 Å². The third-order valence-electron chi connectivity index (χ3n) is 0.567. The Hall–Kier alpha value is 0.0800. The van der Waals surface area contributed by atoms with E-state index in [0.717, 1.165) is 0 Å². The fourth-order valence-corrected chi connectivity index (χ4v) is 0.723. The second-order valence-corrected chi connectivity index (χ2v) is 3.30. The molecule has 0 bridgehead atoms. The normalized spacial score (nSPS) is 17.9. The Bertz CT molecular complexity index is 119. The van der Waals surface area contributed by atoms with Crippen LogP contribution in [0.2, 0.25) is 0 Å². The second kappa shape index (κ2) is 3.30. The molecule has 0 fully saturated rings. The molecule has 0 aliphatic heterocycles. The summed E-state index contributed by atoms with van der Waals surface area (Å²) >= 11 is 0. The highest BCUT2D eigenvalue weighted by Crippen LogP contribution is 2.43. The van der Waals surface area contributed by atoms with Crippen LogP contribution >= 0.6 is 7.91 Å². The maximum absolute atomic E-state index is 11.6. The van der Waals surface area contributed by atoms with Gasteiger partial charge in [-0.15, -0.1) is 4.20 Å². The van der Waals surface area contributed by atoms with Crippen molar-refractivity contribution in [3.8, 4) is 0 Å². The minimum Gasteiger partial charge on any atom is -0.299 e. The molecule has 3 nitrogen and oxygen atoms in total. The summed E-state index contributed by atoms with van der Waals surface area (Å²) in [5.41, 5.74) is 0. The molecule has 56 valence electrons. The van der Waals surface area contributed by atoms with E-state index in [1.165, 1.54) is 0 Å². The molecule has 1 unspecified atom stereocenters. The van der Waals surface area contributed by atoms with E-state index in [1.54, 1.807) is 13.8 Å². The standard InChI is InChI=1S/C4H10FO3P/c1-4(2)3-8-9(5,6)7/h4H,3H2,1-2H3,(H,6,7). The molecule has 0 aliphatic rings. The molecule has 0 saturated heterocycles. The third kappa shape index (κ3) is 8.08. The SMILES string of the molecule is CC(C)COP(=O)(O)F. The Morgan fingerprint density at radius 2 is 2.22 bits per heavy atom. The van der Waals surface area contributed by atoms with Crippen LogP contribution in [0.1, 0.15) is 13.8 Å². The lowest BCUT2D eigenvalue weighted by Crippen LogP contribution is -1.97. The van der Waals surface area contributed by atoms with E-state index in [1.807, 2.05) is 0 Å². The van der Waals surface area contributed by atoms with Crippen LogP contribution in [0.3, 0.4) is 0 Å². The zero-order valence-electron chi connectivity index (χ0n) is 5.37. The first-order valence-electron chi connectivity index (χ1n) is 2.59. The van der Waals surface area contributed by atoms with E-state index in [0.29, 0.717) is 0 Å². The Morgan fingerprint density at radius 1 is 1.78 bits per heavy atom. The van der Waals surface area contributed by atoms with Gasteiger partial charge in [-0.3, -0.25) is 9.42 Å². The molecule has 0 aromatic rings. The maximum Gasteiger partial charge on any atom is 0.510 e. The number of hydrogen-bond acceptors (Lipinski definition) is 2. The number of hydrogen-bond donors (Lipinski definition) is 1. The summed E-state index contributed by atoms with van der Waals surface area (Å²) in [4.78, 5) is 7.93. The predicted molar refractivity (Wildman–Crippen MR) is 31.7 cm³/mol. The lowest BCUT2D eigenvalue weighted by Gasteiger charge is -2.04. The molecule has 0 aromatic carbocycles. The average molecular weight is 156 g/mol. The maximum atomic E-state index is 11.6. The van der Waals surface area contributed by atoms with Crippen LogP contribution in [0.4, 0.5) is 4.20 Å². The molecule has 1 atom stereocenters. The van der Waals surface area contributed by atoms with Gasteiger partial charge in [-0.25, -0.2) is 4.57 Å². The van der Waals surface area contributed by atoms with Crippen molar-refractivity contribution in [2.24, 2.45) is 5.92 Å². The van der Waals surface area contributed by atoms with Crippen molar-refractivity contribution in [2.75, 3.05) is 6.61 Å². The first-order chi connectivity index (χ1) is 3.92. The Morgan fingerprint density at radius 3 is 2.33 bits per heavy atom. The van der Waals surface area contributed by atoms with Gasteiger partial charge >= 0.3 is 7.91 Å². The largest absolute Gasteiger partial charge is 0.510 e. The highest BCUT2D eigenvalue weighted by molar-refractivity contribution is 7.46. The van der Waals surface area contributed by atoms with E-state index < -0.39 is 7.91 Å². The molecule has 9 heavy (non-hydrogen) atoms. The summed E-state index contributed by atoms with van der Waals surface area (Å²) in [5.74, 6) is 0.0706. The summed E-state index contributed by atoms with van der Waals surface area (Å²) in [6, 6.07) is 0. The molecular formula is C4H10FO3P. The Labute approximate surface area is 53.5 Å². The van der Waals surface area contributed by atoms with E-state index >= 15 is 0 Å². The second-order valence-electron chi connectivity index (χ2n) is 2.14. The topological polar surface area (TPSA) is 46.5 Å². The van der Waals surface area contributed by atoms with Gasteiger partial charge in [-0.05, 0) is 5.92 Å². The van der Waals surface area contributed by atoms with Crippen molar-refractivity contribution in [1.82, 2.24) is 0 Å². The Kier molecular flexibility index (Phi) is 3.33. The summed E-state index contributed by atoms with van der Waals surface area (Å²) in [7, 11) is -4.72. The molecule has 0 heterocycles. The van der Waals surface area contributed by atoms with Crippen LogP contribution < -0.4 is 0 Å². The van der Waals surface area contributed by atoms with Crippen LogP contribution in [0.5, 0.6) is 0 Å². The Balaban J connectivity index is 3.40. The smallest absolute Gasteiger partial charge is 0.299 e. The molecular weight excluding hydrogens is 146 g/mol. The highest BCUT2D eigenvalue weighted by Gasteiger charge is 2.16. The zero-order valence-corrected chi connectivity index (χ0v) is 6.27. The van der Waals surface area contributed by atoms with Crippen molar-refractivity contribution in [2.45, 2.75) is 13.8 Å². The molecule has 0 aliphatic carbocycles. The first kappa shape index (κ1) is 9.08. The lowest BCUT2D eigenvalue weighted by atomic mass is 10.2. The number of halogens is 1. The average Bonchev–Trinajstić information content (AvgIpc) is 1.59. The minimum atomic E-state index is -4.72. The third-order valence-corrected chi connectivity index (χ3v) is 1.03. The van der Waals surface area contributed by atoms with Gasteiger partial charge in [0.15, 0.2) is 0 Å². The zero-order chi connectivity index (χ0) is 7.49. The van der Waals surface area contributed by atoms with Crippen molar-refractivity contribution in [1.29, 1.82) is 0 Å². The summed E-state index contributed by atoms with van der Waals surface area (Å²) in [6.07, 6.45) is 0. The van der Waals surface area contributed by atoms with Crippen LogP contribution in [-0.4, -0.2) is 11.5 Å². The lowest BCUT2D eigenvalue weighted by molar-refractivity contribution is 0.202. The molecule has 0 spiro atoms. The van der Waals surface area contributed by atoms with Gasteiger partial charge in [0, 0.05) is 0 Å². The van der Waals surface area contributed by atoms with E-state index in [9.17, 15) is 8.76 Å². The fraction of sp³-hybridized carbons (Fsp3) is 1.00. The summed E-state index contributed by atoms with van der Waals surface area (Å²) < 4.78 is 25.4. The highest BCUT2D eigenvalue weighted by atomic mass is 31.2. The summed E-state index contributed by atoms with van der Waals surface area (Å²) in [6.45, 7) is 3.50. The van der Waals surface area contributed by atoms with E-state index in [4.69, 9.17) is 4.89 Å².